The normalized spacial score (nSPS) is 16.9. The van der Waals surface area contributed by atoms with Crippen LogP contribution in [-0.2, 0) is 28.8 Å². The van der Waals surface area contributed by atoms with Crippen LogP contribution < -0.4 is 21.3 Å². The van der Waals surface area contributed by atoms with E-state index in [0.29, 0.717) is 25.1 Å². The van der Waals surface area contributed by atoms with E-state index in [1.807, 2.05) is 20.8 Å². The highest BCUT2D eigenvalue weighted by molar-refractivity contribution is 8.00. The molecule has 0 aliphatic carbocycles. The van der Waals surface area contributed by atoms with Gasteiger partial charge >= 0.3 is 0 Å². The zero-order chi connectivity index (χ0) is 29.4. The van der Waals surface area contributed by atoms with Crippen LogP contribution in [0.1, 0.15) is 79.1 Å². The molecule has 0 aromatic heterocycles. The number of ketones is 2. The molecule has 4 N–H and O–H groups in total. The van der Waals surface area contributed by atoms with Gasteiger partial charge in [-0.25, -0.2) is 0 Å². The number of likely N-dealkylation sites (N-methyl/N-ethyl adjacent to an activating group) is 1. The first-order chi connectivity index (χ1) is 18.5. The van der Waals surface area contributed by atoms with E-state index in [0.717, 1.165) is 24.2 Å². The smallest absolute Gasteiger partial charge is 0.242 e. The summed E-state index contributed by atoms with van der Waals surface area (Å²) in [5.41, 5.74) is 0. The molecule has 1 fully saturated rings. The fourth-order valence-corrected chi connectivity index (χ4v) is 5.47. The van der Waals surface area contributed by atoms with E-state index in [1.165, 1.54) is 11.8 Å². The number of Topliss-reactive ketones (excluding diaryl/α,β-unsaturated/α-hetero) is 2. The summed E-state index contributed by atoms with van der Waals surface area (Å²) in [5.74, 6) is -0.515. The Bertz CT molecular complexity index is 853. The van der Waals surface area contributed by atoms with Gasteiger partial charge in [-0.15, -0.1) is 11.8 Å². The number of unbranched alkanes of at least 4 members (excludes halogenated alkanes) is 1. The van der Waals surface area contributed by atoms with E-state index in [-0.39, 0.29) is 85.7 Å². The highest BCUT2D eigenvalue weighted by Gasteiger charge is 2.39. The zero-order valence-electron chi connectivity index (χ0n) is 24.1. The molecule has 0 aromatic carbocycles. The average Bonchev–Trinajstić information content (AvgIpc) is 3.17. The van der Waals surface area contributed by atoms with E-state index in [9.17, 15) is 28.8 Å². The quantitative estimate of drug-likeness (QED) is 0.117. The van der Waals surface area contributed by atoms with Gasteiger partial charge in [-0.05, 0) is 26.3 Å². The number of rotatable bonds is 21. The minimum absolute atomic E-state index is 0.0114. The molecule has 1 saturated heterocycles. The van der Waals surface area contributed by atoms with Crippen LogP contribution in [-0.4, -0.2) is 95.9 Å². The maximum atomic E-state index is 12.7. The molecule has 0 bridgehead atoms. The van der Waals surface area contributed by atoms with E-state index in [1.54, 1.807) is 14.0 Å². The molecule has 12 heteroatoms. The van der Waals surface area contributed by atoms with Gasteiger partial charge in [-0.3, -0.25) is 33.7 Å². The number of nitrogens with zero attached hydrogens (tertiary/aromatic N) is 1. The van der Waals surface area contributed by atoms with Gasteiger partial charge in [-0.1, -0.05) is 27.7 Å². The summed E-state index contributed by atoms with van der Waals surface area (Å²) in [6.45, 7) is 8.19. The lowest BCUT2D eigenvalue weighted by Gasteiger charge is -2.20. The van der Waals surface area contributed by atoms with Crippen molar-refractivity contribution in [2.24, 2.45) is 0 Å². The zero-order valence-corrected chi connectivity index (χ0v) is 24.9. The third kappa shape index (κ3) is 13.1. The van der Waals surface area contributed by atoms with Crippen LogP contribution in [0.3, 0.4) is 0 Å². The second-order valence-electron chi connectivity index (χ2n) is 9.96. The molecule has 3 unspecified atom stereocenters. The van der Waals surface area contributed by atoms with Gasteiger partial charge in [0.1, 0.15) is 11.6 Å². The van der Waals surface area contributed by atoms with Crippen LogP contribution in [0.4, 0.5) is 0 Å². The molecular formula is C27H47N5O6S. The maximum Gasteiger partial charge on any atom is 0.242 e. The maximum absolute atomic E-state index is 12.7. The second-order valence-corrected chi connectivity index (χ2v) is 11.2. The number of carbonyl (C=O) groups is 6. The third-order valence-electron chi connectivity index (χ3n) is 6.50. The first kappa shape index (κ1) is 34.7. The first-order valence-electron chi connectivity index (χ1n) is 14.0. The standard InChI is InChI=1S/C27H47N5O6S/c1-6-21(33)19(28-5)10-8-9-13-29-24(35)11-14-30-25(36)12-15-32-26(37)16-23(27(32)38)39-17-20(22(34)7-2)31-18(3)4/h18-20,23,28,31H,6-17H2,1-5H3,(H,29,35)(H,30,36). The Balaban J connectivity index is 2.28. The monoisotopic (exact) mass is 569 g/mol. The molecule has 0 radical (unpaired) electrons. The number of hydrogen-bond donors (Lipinski definition) is 4. The lowest BCUT2D eigenvalue weighted by atomic mass is 10.0. The van der Waals surface area contributed by atoms with E-state index >= 15 is 0 Å². The van der Waals surface area contributed by atoms with E-state index in [2.05, 4.69) is 21.3 Å². The SMILES string of the molecule is CCC(=O)C(CCCCNC(=O)CCNC(=O)CCN1C(=O)CC(SCC(NC(C)C)C(=O)CC)C1=O)NC. The van der Waals surface area contributed by atoms with Gasteiger partial charge in [-0.2, -0.15) is 0 Å². The molecule has 39 heavy (non-hydrogen) atoms. The van der Waals surface area contributed by atoms with Crippen molar-refractivity contribution < 1.29 is 28.8 Å². The minimum atomic E-state index is -0.554. The Kier molecular flexibility index (Phi) is 16.8. The number of imide groups is 1. The van der Waals surface area contributed by atoms with Crippen molar-refractivity contribution >= 4 is 47.0 Å². The van der Waals surface area contributed by atoms with Gasteiger partial charge in [0, 0.05) is 63.5 Å². The van der Waals surface area contributed by atoms with Gasteiger partial charge in [0.2, 0.25) is 23.6 Å². The Morgan fingerprint density at radius 2 is 1.54 bits per heavy atom. The summed E-state index contributed by atoms with van der Waals surface area (Å²) in [5, 5.41) is 11.1. The fourth-order valence-electron chi connectivity index (χ4n) is 4.23. The van der Waals surface area contributed by atoms with Crippen LogP contribution >= 0.6 is 11.8 Å². The van der Waals surface area contributed by atoms with Crippen molar-refractivity contribution in [3.8, 4) is 0 Å². The Labute approximate surface area is 236 Å². The van der Waals surface area contributed by atoms with Crippen molar-refractivity contribution in [2.75, 3.05) is 32.4 Å². The van der Waals surface area contributed by atoms with E-state index in [4.69, 9.17) is 0 Å². The molecule has 4 amide bonds. The molecular weight excluding hydrogens is 522 g/mol. The molecule has 11 nitrogen and oxygen atoms in total. The summed E-state index contributed by atoms with van der Waals surface area (Å²) in [4.78, 5) is 74.4. The number of carbonyl (C=O) groups excluding carboxylic acids is 6. The van der Waals surface area contributed by atoms with Crippen LogP contribution in [0.15, 0.2) is 0 Å². The van der Waals surface area contributed by atoms with Gasteiger partial charge in [0.15, 0.2) is 0 Å². The van der Waals surface area contributed by atoms with Crippen LogP contribution in [0.2, 0.25) is 0 Å². The van der Waals surface area contributed by atoms with Crippen molar-refractivity contribution in [3.63, 3.8) is 0 Å². The summed E-state index contributed by atoms with van der Waals surface area (Å²) in [6.07, 6.45) is 3.34. The minimum Gasteiger partial charge on any atom is -0.356 e. The predicted octanol–water partition coefficient (Wildman–Crippen LogP) is 0.943. The van der Waals surface area contributed by atoms with E-state index < -0.39 is 5.25 Å². The Morgan fingerprint density at radius 3 is 2.15 bits per heavy atom. The summed E-state index contributed by atoms with van der Waals surface area (Å²) in [7, 11) is 1.77. The topological polar surface area (TPSA) is 154 Å². The average molecular weight is 570 g/mol. The van der Waals surface area contributed by atoms with Crippen molar-refractivity contribution in [3.05, 3.63) is 0 Å². The molecule has 3 atom stereocenters. The molecule has 1 aliphatic heterocycles. The molecule has 0 spiro atoms. The highest BCUT2D eigenvalue weighted by atomic mass is 32.2. The largest absolute Gasteiger partial charge is 0.356 e. The number of likely N-dealkylation sites (tertiary alicyclic amines) is 1. The number of thioether (sulfide) groups is 1. The lowest BCUT2D eigenvalue weighted by Crippen LogP contribution is -2.43. The molecule has 1 heterocycles. The molecule has 1 aliphatic rings. The predicted molar refractivity (Wildman–Crippen MR) is 152 cm³/mol. The highest BCUT2D eigenvalue weighted by Crippen LogP contribution is 2.26. The van der Waals surface area contributed by atoms with Crippen LogP contribution in [0, 0.1) is 0 Å². The first-order valence-corrected chi connectivity index (χ1v) is 15.1. The number of hydrogen-bond acceptors (Lipinski definition) is 9. The van der Waals surface area contributed by atoms with Gasteiger partial charge in [0.25, 0.3) is 0 Å². The number of nitrogens with one attached hydrogen (secondary N) is 4. The molecule has 0 aromatic rings. The fraction of sp³-hybridized carbons (Fsp3) is 0.778. The van der Waals surface area contributed by atoms with Crippen LogP contribution in [0.5, 0.6) is 0 Å². The lowest BCUT2D eigenvalue weighted by molar-refractivity contribution is -0.138. The van der Waals surface area contributed by atoms with Gasteiger partial charge < -0.3 is 21.3 Å². The number of amides is 4. The van der Waals surface area contributed by atoms with Crippen molar-refractivity contribution in [2.45, 2.75) is 102 Å². The molecule has 222 valence electrons. The Hall–Kier alpha value is -2.31. The summed E-state index contributed by atoms with van der Waals surface area (Å²) < 4.78 is 0. The van der Waals surface area contributed by atoms with Crippen molar-refractivity contribution in [1.29, 1.82) is 0 Å². The second kappa shape index (κ2) is 18.9. The Morgan fingerprint density at radius 1 is 0.923 bits per heavy atom. The molecule has 1 rings (SSSR count). The molecule has 0 saturated carbocycles. The third-order valence-corrected chi connectivity index (χ3v) is 7.80. The summed E-state index contributed by atoms with van der Waals surface area (Å²) >= 11 is 1.30. The van der Waals surface area contributed by atoms with Gasteiger partial charge in [0.05, 0.1) is 17.3 Å². The van der Waals surface area contributed by atoms with Crippen LogP contribution in [0.25, 0.3) is 0 Å². The summed E-state index contributed by atoms with van der Waals surface area (Å²) in [6, 6.07) is -0.400. The van der Waals surface area contributed by atoms with Crippen molar-refractivity contribution in [1.82, 2.24) is 26.2 Å².